The number of unbranched alkanes of at least 4 members (excludes halogenated alkanes) is 1. The molecule has 0 heterocycles. The highest BCUT2D eigenvalue weighted by Gasteiger charge is 2.36. The predicted molar refractivity (Wildman–Crippen MR) is 57.1 cm³/mol. The van der Waals surface area contributed by atoms with E-state index in [0.29, 0.717) is 6.54 Å². The summed E-state index contributed by atoms with van der Waals surface area (Å²) >= 11 is 0. The SMILES string of the molecule is CO[Si](CCCCN)(OC)OC.Cl. The number of nitrogens with two attached hydrogens (primary N) is 1. The summed E-state index contributed by atoms with van der Waals surface area (Å²) in [5.41, 5.74) is 5.38. The van der Waals surface area contributed by atoms with Crippen molar-refractivity contribution in [1.29, 1.82) is 0 Å². The van der Waals surface area contributed by atoms with E-state index >= 15 is 0 Å². The van der Waals surface area contributed by atoms with Gasteiger partial charge in [-0.25, -0.2) is 0 Å². The van der Waals surface area contributed by atoms with Crippen molar-refractivity contribution >= 4 is 21.2 Å². The summed E-state index contributed by atoms with van der Waals surface area (Å²) in [5, 5.41) is 0. The van der Waals surface area contributed by atoms with Gasteiger partial charge in [0.05, 0.1) is 0 Å². The smallest absolute Gasteiger partial charge is 0.377 e. The van der Waals surface area contributed by atoms with E-state index in [1.165, 1.54) is 0 Å². The molecule has 6 heteroatoms. The van der Waals surface area contributed by atoms with E-state index in [-0.39, 0.29) is 12.4 Å². The predicted octanol–water partition coefficient (Wildman–Crippen LogP) is 1.03. The third-order valence-corrected chi connectivity index (χ3v) is 4.70. The fourth-order valence-corrected chi connectivity index (χ4v) is 2.84. The van der Waals surface area contributed by atoms with Crippen molar-refractivity contribution in [3.8, 4) is 0 Å². The van der Waals surface area contributed by atoms with Crippen LogP contribution in [0.3, 0.4) is 0 Å². The van der Waals surface area contributed by atoms with Gasteiger partial charge in [0, 0.05) is 27.4 Å². The molecule has 0 spiro atoms. The van der Waals surface area contributed by atoms with Crippen molar-refractivity contribution in [3.05, 3.63) is 0 Å². The fourth-order valence-electron chi connectivity index (χ4n) is 1.04. The van der Waals surface area contributed by atoms with Crippen LogP contribution in [0, 0.1) is 0 Å². The van der Waals surface area contributed by atoms with E-state index in [1.807, 2.05) is 0 Å². The Morgan fingerprint density at radius 3 is 1.77 bits per heavy atom. The van der Waals surface area contributed by atoms with Gasteiger partial charge in [0.2, 0.25) is 0 Å². The van der Waals surface area contributed by atoms with Crippen molar-refractivity contribution in [3.63, 3.8) is 0 Å². The summed E-state index contributed by atoms with van der Waals surface area (Å²) in [7, 11) is 2.57. The lowest BCUT2D eigenvalue weighted by Gasteiger charge is -2.23. The van der Waals surface area contributed by atoms with E-state index in [4.69, 9.17) is 19.0 Å². The van der Waals surface area contributed by atoms with Crippen LogP contribution >= 0.6 is 12.4 Å². The average Bonchev–Trinajstić information content (AvgIpc) is 2.14. The third kappa shape index (κ3) is 5.61. The van der Waals surface area contributed by atoms with Crippen LogP contribution in [-0.4, -0.2) is 36.7 Å². The lowest BCUT2D eigenvalue weighted by molar-refractivity contribution is 0.123. The highest BCUT2D eigenvalue weighted by atomic mass is 35.5. The second-order valence-corrected chi connectivity index (χ2v) is 5.63. The average molecular weight is 230 g/mol. The molecule has 0 fully saturated rings. The molecule has 0 rings (SSSR count). The first-order valence-corrected chi connectivity index (χ1v) is 6.03. The maximum atomic E-state index is 5.38. The van der Waals surface area contributed by atoms with Gasteiger partial charge in [-0.05, 0) is 19.4 Å². The van der Waals surface area contributed by atoms with Crippen LogP contribution in [0.15, 0.2) is 0 Å². The van der Waals surface area contributed by atoms with Crippen LogP contribution in [0.2, 0.25) is 6.04 Å². The minimum absolute atomic E-state index is 0. The third-order valence-electron chi connectivity index (χ3n) is 1.87. The van der Waals surface area contributed by atoms with E-state index in [0.717, 1.165) is 18.9 Å². The van der Waals surface area contributed by atoms with Gasteiger partial charge in [-0.3, -0.25) is 0 Å². The number of hydrogen-bond donors (Lipinski definition) is 1. The minimum atomic E-state index is -2.31. The summed E-state index contributed by atoms with van der Waals surface area (Å²) in [5.74, 6) is 0. The molecule has 0 unspecified atom stereocenters. The van der Waals surface area contributed by atoms with Gasteiger partial charge < -0.3 is 19.0 Å². The second-order valence-electron chi connectivity index (χ2n) is 2.54. The molecule has 13 heavy (non-hydrogen) atoms. The fraction of sp³-hybridized carbons (Fsp3) is 1.00. The van der Waals surface area contributed by atoms with Crippen LogP contribution in [-0.2, 0) is 13.3 Å². The Balaban J connectivity index is 0. The van der Waals surface area contributed by atoms with Crippen LogP contribution in [0.25, 0.3) is 0 Å². The van der Waals surface area contributed by atoms with Crippen LogP contribution in [0.5, 0.6) is 0 Å². The van der Waals surface area contributed by atoms with Crippen LogP contribution < -0.4 is 5.73 Å². The zero-order valence-corrected chi connectivity index (χ0v) is 10.4. The quantitative estimate of drug-likeness (QED) is 0.523. The van der Waals surface area contributed by atoms with E-state index in [2.05, 4.69) is 0 Å². The van der Waals surface area contributed by atoms with Gasteiger partial charge in [-0.1, -0.05) is 0 Å². The highest BCUT2D eigenvalue weighted by molar-refractivity contribution is 6.60. The molecule has 0 saturated heterocycles. The topological polar surface area (TPSA) is 53.7 Å². The Kier molecular flexibility index (Phi) is 10.8. The minimum Gasteiger partial charge on any atom is -0.377 e. The largest absolute Gasteiger partial charge is 0.500 e. The first kappa shape index (κ1) is 15.8. The molecule has 2 N–H and O–H groups in total. The molecule has 0 aliphatic carbocycles. The normalized spacial score (nSPS) is 11.1. The Morgan fingerprint density at radius 1 is 1.00 bits per heavy atom. The van der Waals surface area contributed by atoms with E-state index in [1.54, 1.807) is 21.3 Å². The molecular weight excluding hydrogens is 210 g/mol. The van der Waals surface area contributed by atoms with Gasteiger partial charge in [-0.15, -0.1) is 12.4 Å². The standard InChI is InChI=1S/C7H19NO3Si.ClH/c1-9-12(10-2,11-3)7-5-4-6-8;/h4-8H2,1-3H3;1H. The lowest BCUT2D eigenvalue weighted by Crippen LogP contribution is -2.42. The van der Waals surface area contributed by atoms with E-state index in [9.17, 15) is 0 Å². The molecular formula is C7H20ClNO3Si. The number of rotatable bonds is 7. The highest BCUT2D eigenvalue weighted by Crippen LogP contribution is 2.15. The second kappa shape index (κ2) is 8.92. The molecule has 0 aromatic carbocycles. The molecule has 82 valence electrons. The van der Waals surface area contributed by atoms with E-state index < -0.39 is 8.80 Å². The molecule has 0 amide bonds. The van der Waals surface area contributed by atoms with Crippen molar-refractivity contribution in [2.45, 2.75) is 18.9 Å². The number of hydrogen-bond acceptors (Lipinski definition) is 4. The molecule has 0 aromatic rings. The summed E-state index contributed by atoms with van der Waals surface area (Å²) in [6.45, 7) is 0.710. The van der Waals surface area contributed by atoms with Gasteiger partial charge >= 0.3 is 8.80 Å². The lowest BCUT2D eigenvalue weighted by atomic mass is 10.3. The van der Waals surface area contributed by atoms with Crippen molar-refractivity contribution in [2.75, 3.05) is 27.9 Å². The first-order valence-electron chi connectivity index (χ1n) is 4.10. The summed E-state index contributed by atoms with van der Waals surface area (Å²) in [4.78, 5) is 0. The Morgan fingerprint density at radius 2 is 1.46 bits per heavy atom. The molecule has 4 nitrogen and oxygen atoms in total. The van der Waals surface area contributed by atoms with Gasteiger partial charge in [0.25, 0.3) is 0 Å². The maximum Gasteiger partial charge on any atom is 0.500 e. The zero-order valence-electron chi connectivity index (χ0n) is 8.54. The van der Waals surface area contributed by atoms with Crippen LogP contribution in [0.4, 0.5) is 0 Å². The van der Waals surface area contributed by atoms with Gasteiger partial charge in [0.15, 0.2) is 0 Å². The molecule has 0 saturated carbocycles. The van der Waals surface area contributed by atoms with Crippen molar-refractivity contribution in [1.82, 2.24) is 0 Å². The molecule has 0 aliphatic rings. The molecule has 0 radical (unpaired) electrons. The Labute approximate surface area is 87.5 Å². The first-order chi connectivity index (χ1) is 5.74. The van der Waals surface area contributed by atoms with Crippen molar-refractivity contribution < 1.29 is 13.3 Å². The van der Waals surface area contributed by atoms with Crippen LogP contribution in [0.1, 0.15) is 12.8 Å². The summed E-state index contributed by atoms with van der Waals surface area (Å²) < 4.78 is 15.7. The van der Waals surface area contributed by atoms with Gasteiger partial charge in [0.1, 0.15) is 0 Å². The molecule has 0 aliphatic heterocycles. The summed E-state index contributed by atoms with van der Waals surface area (Å²) in [6.07, 6.45) is 1.99. The number of halogens is 1. The maximum absolute atomic E-state index is 5.38. The van der Waals surface area contributed by atoms with Gasteiger partial charge in [-0.2, -0.15) is 0 Å². The molecule has 0 bridgehead atoms. The molecule has 0 atom stereocenters. The monoisotopic (exact) mass is 229 g/mol. The Bertz CT molecular complexity index is 106. The Hall–Kier alpha value is 0.347. The summed E-state index contributed by atoms with van der Waals surface area (Å²) in [6, 6.07) is 0.841. The zero-order chi connectivity index (χ0) is 9.45. The van der Waals surface area contributed by atoms with Crippen molar-refractivity contribution in [2.24, 2.45) is 5.73 Å². The molecule has 0 aromatic heterocycles.